The highest BCUT2D eigenvalue weighted by Crippen LogP contribution is 2.30. The number of nitrogens with one attached hydrogen (secondary N) is 1. The minimum Gasteiger partial charge on any atom is -0.368 e. The van der Waals surface area contributed by atoms with Crippen molar-refractivity contribution >= 4 is 16.7 Å². The molecule has 0 aliphatic rings. The van der Waals surface area contributed by atoms with E-state index in [1.54, 1.807) is 29.5 Å². The highest BCUT2D eigenvalue weighted by molar-refractivity contribution is 5.98. The monoisotopic (exact) mass is 436 g/mol. The van der Waals surface area contributed by atoms with Gasteiger partial charge in [0.2, 0.25) is 0 Å². The smallest absolute Gasteiger partial charge is 0.162 e. The van der Waals surface area contributed by atoms with Crippen molar-refractivity contribution in [3.8, 4) is 22.6 Å². The third kappa shape index (κ3) is 4.56. The number of pyridine rings is 2. The molecule has 0 spiro atoms. The van der Waals surface area contributed by atoms with Crippen LogP contribution in [0.4, 0.5) is 5.82 Å². The molecule has 1 unspecified atom stereocenters. The van der Waals surface area contributed by atoms with Gasteiger partial charge in [0.1, 0.15) is 11.3 Å². The molecular formula is C25H24N8. The van der Waals surface area contributed by atoms with Gasteiger partial charge in [-0.1, -0.05) is 30.3 Å². The summed E-state index contributed by atoms with van der Waals surface area (Å²) in [5, 5.41) is 8.64. The Kier molecular flexibility index (Phi) is 5.73. The zero-order valence-corrected chi connectivity index (χ0v) is 18.3. The van der Waals surface area contributed by atoms with E-state index in [2.05, 4.69) is 32.5 Å². The van der Waals surface area contributed by atoms with Gasteiger partial charge in [-0.25, -0.2) is 9.97 Å². The molecule has 0 radical (unpaired) electrons. The number of aryl methyl sites for hydroxylation is 1. The van der Waals surface area contributed by atoms with E-state index in [4.69, 9.17) is 15.7 Å². The average molecular weight is 437 g/mol. The molecule has 5 rings (SSSR count). The van der Waals surface area contributed by atoms with Crippen LogP contribution in [0.5, 0.6) is 0 Å². The summed E-state index contributed by atoms with van der Waals surface area (Å²) in [6, 6.07) is 15.9. The molecule has 0 aliphatic heterocycles. The van der Waals surface area contributed by atoms with Crippen LogP contribution >= 0.6 is 0 Å². The van der Waals surface area contributed by atoms with Crippen LogP contribution in [-0.2, 0) is 13.5 Å². The molecule has 33 heavy (non-hydrogen) atoms. The first kappa shape index (κ1) is 20.7. The Morgan fingerprint density at radius 2 is 1.79 bits per heavy atom. The van der Waals surface area contributed by atoms with Crippen LogP contribution in [0.1, 0.15) is 5.56 Å². The van der Waals surface area contributed by atoms with Crippen LogP contribution in [-0.4, -0.2) is 42.3 Å². The lowest BCUT2D eigenvalue weighted by atomic mass is 10.1. The fraction of sp³-hybridized carbons (Fsp3) is 0.160. The van der Waals surface area contributed by atoms with Gasteiger partial charge in [0.05, 0.1) is 11.9 Å². The number of hydrogen-bond donors (Lipinski definition) is 2. The van der Waals surface area contributed by atoms with Gasteiger partial charge in [-0.3, -0.25) is 14.6 Å². The molecule has 4 aromatic heterocycles. The van der Waals surface area contributed by atoms with Gasteiger partial charge in [0.25, 0.3) is 0 Å². The summed E-state index contributed by atoms with van der Waals surface area (Å²) >= 11 is 0. The first-order valence-electron chi connectivity index (χ1n) is 10.8. The molecule has 1 aromatic carbocycles. The Morgan fingerprint density at radius 1 is 0.970 bits per heavy atom. The standard InChI is InChI=1S/C25H24N8/c1-33-16-19(14-30-33)22-23-21(9-12-28-22)25(32-24(31-23)18-7-10-27-11-8-18)29-15-20(26)13-17-5-3-2-4-6-17/h2-12,14,16,20H,13,15,26H2,1H3,(H,29,31,32). The summed E-state index contributed by atoms with van der Waals surface area (Å²) < 4.78 is 1.75. The van der Waals surface area contributed by atoms with E-state index < -0.39 is 0 Å². The summed E-state index contributed by atoms with van der Waals surface area (Å²) in [5.41, 5.74) is 10.9. The topological polar surface area (TPSA) is 107 Å². The Labute approximate surface area is 191 Å². The van der Waals surface area contributed by atoms with Crippen molar-refractivity contribution in [1.29, 1.82) is 0 Å². The lowest BCUT2D eigenvalue weighted by Crippen LogP contribution is -2.31. The van der Waals surface area contributed by atoms with E-state index in [1.807, 2.05) is 49.6 Å². The number of nitrogens with zero attached hydrogens (tertiary/aromatic N) is 6. The predicted octanol–water partition coefficient (Wildman–Crippen LogP) is 3.47. The van der Waals surface area contributed by atoms with Crippen LogP contribution in [0, 0.1) is 0 Å². The minimum atomic E-state index is -0.0681. The van der Waals surface area contributed by atoms with E-state index in [0.717, 1.165) is 40.0 Å². The van der Waals surface area contributed by atoms with E-state index in [0.29, 0.717) is 12.4 Å². The van der Waals surface area contributed by atoms with Crippen LogP contribution in [0.3, 0.4) is 0 Å². The molecule has 0 amide bonds. The van der Waals surface area contributed by atoms with E-state index >= 15 is 0 Å². The second-order valence-corrected chi connectivity index (χ2v) is 7.92. The van der Waals surface area contributed by atoms with Gasteiger partial charge in [0, 0.05) is 60.9 Å². The van der Waals surface area contributed by atoms with Crippen molar-refractivity contribution in [2.75, 3.05) is 11.9 Å². The highest BCUT2D eigenvalue weighted by atomic mass is 15.2. The summed E-state index contributed by atoms with van der Waals surface area (Å²) in [6.07, 6.45) is 9.73. The second kappa shape index (κ2) is 9.13. The largest absolute Gasteiger partial charge is 0.368 e. The zero-order chi connectivity index (χ0) is 22.6. The van der Waals surface area contributed by atoms with E-state index in [1.165, 1.54) is 5.56 Å². The minimum absolute atomic E-state index is 0.0681. The number of rotatable bonds is 7. The molecule has 8 heteroatoms. The maximum atomic E-state index is 6.43. The van der Waals surface area contributed by atoms with Crippen LogP contribution < -0.4 is 11.1 Å². The molecule has 4 heterocycles. The number of benzene rings is 1. The van der Waals surface area contributed by atoms with Gasteiger partial charge >= 0.3 is 0 Å². The summed E-state index contributed by atoms with van der Waals surface area (Å²) in [7, 11) is 1.88. The SMILES string of the molecule is Cn1cc(-c2nccc3c(NCC(N)Cc4ccccc4)nc(-c4ccncc4)nc23)cn1. The lowest BCUT2D eigenvalue weighted by Gasteiger charge is -2.16. The maximum Gasteiger partial charge on any atom is 0.162 e. The van der Waals surface area contributed by atoms with Crippen molar-refractivity contribution < 1.29 is 0 Å². The van der Waals surface area contributed by atoms with Crippen LogP contribution in [0.25, 0.3) is 33.5 Å². The first-order valence-corrected chi connectivity index (χ1v) is 10.8. The Bertz CT molecular complexity index is 1370. The van der Waals surface area contributed by atoms with Gasteiger partial charge in [-0.15, -0.1) is 0 Å². The molecule has 0 saturated heterocycles. The quantitative estimate of drug-likeness (QED) is 0.402. The molecule has 8 nitrogen and oxygen atoms in total. The van der Waals surface area contributed by atoms with Gasteiger partial charge in [0.15, 0.2) is 5.82 Å². The maximum absolute atomic E-state index is 6.43. The van der Waals surface area contributed by atoms with Gasteiger partial charge < -0.3 is 11.1 Å². The van der Waals surface area contributed by atoms with E-state index in [-0.39, 0.29) is 6.04 Å². The van der Waals surface area contributed by atoms with Gasteiger partial charge in [-0.2, -0.15) is 5.10 Å². The van der Waals surface area contributed by atoms with Crippen LogP contribution in [0.15, 0.2) is 79.5 Å². The fourth-order valence-electron chi connectivity index (χ4n) is 3.79. The molecule has 1 atom stereocenters. The van der Waals surface area contributed by atoms with Crippen molar-refractivity contribution in [1.82, 2.24) is 29.7 Å². The molecule has 3 N–H and O–H groups in total. The summed E-state index contributed by atoms with van der Waals surface area (Å²) in [6.45, 7) is 0.571. The number of aromatic nitrogens is 6. The Morgan fingerprint density at radius 3 is 2.55 bits per heavy atom. The molecule has 0 saturated carbocycles. The zero-order valence-electron chi connectivity index (χ0n) is 18.3. The summed E-state index contributed by atoms with van der Waals surface area (Å²) in [5.74, 6) is 1.32. The number of hydrogen-bond acceptors (Lipinski definition) is 7. The molecule has 0 fully saturated rings. The number of anilines is 1. The number of fused-ring (bicyclic) bond motifs is 1. The Hall–Kier alpha value is -4.17. The van der Waals surface area contributed by atoms with Crippen molar-refractivity contribution in [3.63, 3.8) is 0 Å². The van der Waals surface area contributed by atoms with E-state index in [9.17, 15) is 0 Å². The molecule has 0 bridgehead atoms. The molecule has 0 aliphatic carbocycles. The normalized spacial score (nSPS) is 12.1. The van der Waals surface area contributed by atoms with Gasteiger partial charge in [-0.05, 0) is 30.2 Å². The van der Waals surface area contributed by atoms with Crippen molar-refractivity contribution in [2.45, 2.75) is 12.5 Å². The Balaban J connectivity index is 1.54. The fourth-order valence-corrected chi connectivity index (χ4v) is 3.79. The van der Waals surface area contributed by atoms with Crippen LogP contribution in [0.2, 0.25) is 0 Å². The average Bonchev–Trinajstić information content (AvgIpc) is 3.29. The molecular weight excluding hydrogens is 412 g/mol. The van der Waals surface area contributed by atoms with Crippen molar-refractivity contribution in [2.24, 2.45) is 12.8 Å². The first-order chi connectivity index (χ1) is 16.2. The number of nitrogens with two attached hydrogens (primary N) is 1. The molecule has 164 valence electrons. The lowest BCUT2D eigenvalue weighted by molar-refractivity contribution is 0.698. The third-order valence-electron chi connectivity index (χ3n) is 5.40. The van der Waals surface area contributed by atoms with Crippen molar-refractivity contribution in [3.05, 3.63) is 85.1 Å². The highest BCUT2D eigenvalue weighted by Gasteiger charge is 2.16. The molecule has 5 aromatic rings. The second-order valence-electron chi connectivity index (χ2n) is 7.92. The third-order valence-corrected chi connectivity index (χ3v) is 5.40. The predicted molar refractivity (Wildman–Crippen MR) is 129 cm³/mol. The summed E-state index contributed by atoms with van der Waals surface area (Å²) in [4.78, 5) is 18.4.